The fourth-order valence-electron chi connectivity index (χ4n) is 2.37. The van der Waals surface area contributed by atoms with Crippen molar-refractivity contribution in [2.24, 2.45) is 4.99 Å². The van der Waals surface area contributed by atoms with Crippen LogP contribution >= 0.6 is 0 Å². The summed E-state index contributed by atoms with van der Waals surface area (Å²) in [4.78, 5) is 7.84. The molecule has 12 heteroatoms. The van der Waals surface area contributed by atoms with Gasteiger partial charge in [-0.3, -0.25) is 4.99 Å². The van der Waals surface area contributed by atoms with Gasteiger partial charge in [-0.1, -0.05) is 6.07 Å². The van der Waals surface area contributed by atoms with E-state index in [4.69, 9.17) is 4.74 Å². The Morgan fingerprint density at radius 1 is 1.13 bits per heavy atom. The molecule has 1 aromatic heterocycles. The fraction of sp³-hybridized carbons (Fsp3) is 0.368. The molecule has 0 aliphatic carbocycles. The maximum Gasteiger partial charge on any atom is 0.422 e. The zero-order valence-corrected chi connectivity index (χ0v) is 16.7. The van der Waals surface area contributed by atoms with E-state index in [0.717, 1.165) is 0 Å². The van der Waals surface area contributed by atoms with Crippen LogP contribution in [0.5, 0.6) is 17.4 Å². The maximum atomic E-state index is 12.6. The number of hydrogen-bond donors (Lipinski definition) is 2. The lowest BCUT2D eigenvalue weighted by atomic mass is 10.2. The molecule has 0 radical (unpaired) electrons. The van der Waals surface area contributed by atoms with Gasteiger partial charge < -0.3 is 24.8 Å². The van der Waals surface area contributed by atoms with Gasteiger partial charge in [0, 0.05) is 38.0 Å². The topological polar surface area (TPSA) is 77.0 Å². The standard InChI is InChI=1S/C19H21F5N4O3/c1-25-18(27-9-12-3-6-16(26-8-12)30-11-19(22,23)24)28-10-13-7-14(29-2)4-5-15(13)31-17(20)21/h3-8,17H,9-11H2,1-2H3,(H2,25,27,28). The van der Waals surface area contributed by atoms with Crippen molar-refractivity contribution in [1.82, 2.24) is 15.6 Å². The smallest absolute Gasteiger partial charge is 0.422 e. The van der Waals surface area contributed by atoms with E-state index in [9.17, 15) is 22.0 Å². The molecule has 0 fully saturated rings. The van der Waals surface area contributed by atoms with Crippen molar-refractivity contribution in [2.75, 3.05) is 20.8 Å². The summed E-state index contributed by atoms with van der Waals surface area (Å²) in [6.07, 6.45) is -3.08. The summed E-state index contributed by atoms with van der Waals surface area (Å²) in [7, 11) is 2.97. The summed E-state index contributed by atoms with van der Waals surface area (Å²) in [5.74, 6) is 0.675. The largest absolute Gasteiger partial charge is 0.497 e. The first-order valence-electron chi connectivity index (χ1n) is 8.91. The maximum absolute atomic E-state index is 12.6. The molecule has 0 amide bonds. The zero-order valence-electron chi connectivity index (χ0n) is 16.7. The van der Waals surface area contributed by atoms with E-state index in [0.29, 0.717) is 22.8 Å². The first-order valence-corrected chi connectivity index (χ1v) is 8.91. The molecule has 0 unspecified atom stereocenters. The van der Waals surface area contributed by atoms with E-state index in [1.165, 1.54) is 38.6 Å². The van der Waals surface area contributed by atoms with Crippen LogP contribution in [0.1, 0.15) is 11.1 Å². The van der Waals surface area contributed by atoms with Crippen molar-refractivity contribution in [3.8, 4) is 17.4 Å². The second kappa shape index (κ2) is 11.2. The third-order valence-electron chi connectivity index (χ3n) is 3.79. The van der Waals surface area contributed by atoms with Gasteiger partial charge in [-0.25, -0.2) is 4.98 Å². The number of alkyl halides is 5. The summed E-state index contributed by atoms with van der Waals surface area (Å²) < 4.78 is 75.9. The highest BCUT2D eigenvalue weighted by Gasteiger charge is 2.28. The Bertz CT molecular complexity index is 861. The van der Waals surface area contributed by atoms with Gasteiger partial charge >= 0.3 is 12.8 Å². The lowest BCUT2D eigenvalue weighted by Crippen LogP contribution is -2.36. The number of benzene rings is 1. The van der Waals surface area contributed by atoms with Gasteiger partial charge in [0.2, 0.25) is 5.88 Å². The first-order chi connectivity index (χ1) is 14.7. The second-order valence-corrected chi connectivity index (χ2v) is 6.04. The lowest BCUT2D eigenvalue weighted by molar-refractivity contribution is -0.154. The Morgan fingerprint density at radius 2 is 1.87 bits per heavy atom. The van der Waals surface area contributed by atoms with E-state index >= 15 is 0 Å². The van der Waals surface area contributed by atoms with E-state index in [1.807, 2.05) is 0 Å². The van der Waals surface area contributed by atoms with Crippen LogP contribution in [0.3, 0.4) is 0 Å². The first kappa shape index (κ1) is 24.0. The molecule has 7 nitrogen and oxygen atoms in total. The number of guanidine groups is 1. The highest BCUT2D eigenvalue weighted by molar-refractivity contribution is 5.79. The number of aliphatic imine (C=N–C) groups is 1. The number of ether oxygens (including phenoxy) is 3. The minimum Gasteiger partial charge on any atom is -0.497 e. The number of rotatable bonds is 9. The van der Waals surface area contributed by atoms with Crippen LogP contribution in [0, 0.1) is 0 Å². The summed E-state index contributed by atoms with van der Waals surface area (Å²) in [5.41, 5.74) is 1.08. The number of methoxy groups -OCH3 is 1. The molecule has 170 valence electrons. The molecule has 0 atom stereocenters. The van der Waals surface area contributed by atoms with E-state index in [2.05, 4.69) is 30.1 Å². The Labute approximate surface area is 175 Å². The van der Waals surface area contributed by atoms with Gasteiger partial charge in [0.1, 0.15) is 11.5 Å². The minimum absolute atomic E-state index is 0.00241. The van der Waals surface area contributed by atoms with Gasteiger partial charge in [0.25, 0.3) is 0 Å². The predicted molar refractivity (Wildman–Crippen MR) is 102 cm³/mol. The summed E-state index contributed by atoms with van der Waals surface area (Å²) >= 11 is 0. The van der Waals surface area contributed by atoms with Crippen LogP contribution in [0.25, 0.3) is 0 Å². The molecule has 2 N–H and O–H groups in total. The van der Waals surface area contributed by atoms with Crippen LogP contribution in [0.15, 0.2) is 41.5 Å². The monoisotopic (exact) mass is 448 g/mol. The summed E-state index contributed by atoms with van der Waals surface area (Å²) in [6, 6.07) is 7.32. The number of pyridine rings is 1. The highest BCUT2D eigenvalue weighted by atomic mass is 19.4. The molecule has 2 rings (SSSR count). The fourth-order valence-corrected chi connectivity index (χ4v) is 2.37. The van der Waals surface area contributed by atoms with Crippen LogP contribution in [0.4, 0.5) is 22.0 Å². The molecule has 0 aliphatic rings. The molecule has 2 aromatic rings. The number of halogens is 5. The Balaban J connectivity index is 1.92. The van der Waals surface area contributed by atoms with Crippen LogP contribution in [0.2, 0.25) is 0 Å². The van der Waals surface area contributed by atoms with E-state index < -0.39 is 19.4 Å². The lowest BCUT2D eigenvalue weighted by Gasteiger charge is -2.15. The Hall–Kier alpha value is -3.31. The molecule has 0 saturated heterocycles. The molecule has 0 aliphatic heterocycles. The third kappa shape index (κ3) is 8.52. The third-order valence-corrected chi connectivity index (χ3v) is 3.79. The predicted octanol–water partition coefficient (Wildman–Crippen LogP) is 3.50. The Morgan fingerprint density at radius 3 is 2.45 bits per heavy atom. The number of nitrogens with zero attached hydrogens (tertiary/aromatic N) is 2. The molecular weight excluding hydrogens is 427 g/mol. The average Bonchev–Trinajstić information content (AvgIpc) is 2.73. The van der Waals surface area contributed by atoms with Crippen molar-refractivity contribution in [1.29, 1.82) is 0 Å². The van der Waals surface area contributed by atoms with Crippen LogP contribution in [-0.4, -0.2) is 44.5 Å². The zero-order chi connectivity index (χ0) is 22.9. The highest BCUT2D eigenvalue weighted by Crippen LogP contribution is 2.25. The molecule has 0 saturated carbocycles. The molecule has 0 spiro atoms. The van der Waals surface area contributed by atoms with Crippen molar-refractivity contribution in [2.45, 2.75) is 25.9 Å². The average molecular weight is 448 g/mol. The molecule has 0 bridgehead atoms. The Kier molecular flexibility index (Phi) is 8.64. The molecule has 1 heterocycles. The van der Waals surface area contributed by atoms with Gasteiger partial charge in [-0.15, -0.1) is 0 Å². The minimum atomic E-state index is -4.44. The van der Waals surface area contributed by atoms with Gasteiger partial charge in [-0.2, -0.15) is 22.0 Å². The van der Waals surface area contributed by atoms with Crippen LogP contribution < -0.4 is 24.8 Å². The van der Waals surface area contributed by atoms with Crippen molar-refractivity contribution >= 4 is 5.96 Å². The quantitative estimate of drug-likeness (QED) is 0.348. The SMILES string of the molecule is CN=C(NCc1ccc(OCC(F)(F)F)nc1)NCc1cc(OC)ccc1OC(F)F. The van der Waals surface area contributed by atoms with Crippen molar-refractivity contribution in [3.05, 3.63) is 47.7 Å². The normalized spacial score (nSPS) is 11.9. The molecular formula is C19H21F5N4O3. The number of hydrogen-bond acceptors (Lipinski definition) is 5. The van der Waals surface area contributed by atoms with Gasteiger partial charge in [-0.05, 0) is 23.8 Å². The summed E-state index contributed by atoms with van der Waals surface area (Å²) in [6.45, 7) is -4.03. The number of nitrogens with one attached hydrogen (secondary N) is 2. The molecule has 31 heavy (non-hydrogen) atoms. The van der Waals surface area contributed by atoms with Crippen molar-refractivity contribution in [3.63, 3.8) is 0 Å². The van der Waals surface area contributed by atoms with Crippen molar-refractivity contribution < 1.29 is 36.2 Å². The number of aromatic nitrogens is 1. The summed E-state index contributed by atoms with van der Waals surface area (Å²) in [5, 5.41) is 5.94. The van der Waals surface area contributed by atoms with Crippen LogP contribution in [-0.2, 0) is 13.1 Å². The van der Waals surface area contributed by atoms with Gasteiger partial charge in [0.05, 0.1) is 7.11 Å². The van der Waals surface area contributed by atoms with E-state index in [-0.39, 0.29) is 24.7 Å². The van der Waals surface area contributed by atoms with E-state index in [1.54, 1.807) is 12.1 Å². The second-order valence-electron chi connectivity index (χ2n) is 6.04. The van der Waals surface area contributed by atoms with Gasteiger partial charge in [0.15, 0.2) is 12.6 Å². The molecule has 1 aromatic carbocycles.